The van der Waals surface area contributed by atoms with E-state index in [4.69, 9.17) is 0 Å². The molecular formula is C19H24N4O3. The van der Waals surface area contributed by atoms with Gasteiger partial charge in [0.1, 0.15) is 6.04 Å². The number of amides is 2. The molecule has 0 saturated heterocycles. The first-order valence-corrected chi connectivity index (χ1v) is 8.92. The molecule has 7 heteroatoms. The number of fused-ring (bicyclic) bond motifs is 1. The van der Waals surface area contributed by atoms with E-state index in [1.54, 1.807) is 11.1 Å². The largest absolute Gasteiger partial charge is 0.480 e. The normalized spacial score (nSPS) is 14.7. The first kappa shape index (κ1) is 18.0. The number of hydrogen-bond donors (Lipinski definition) is 3. The minimum Gasteiger partial charge on any atom is -0.480 e. The van der Waals surface area contributed by atoms with E-state index in [0.717, 1.165) is 19.3 Å². The van der Waals surface area contributed by atoms with Crippen molar-refractivity contribution in [1.29, 1.82) is 0 Å². The van der Waals surface area contributed by atoms with Crippen LogP contribution in [-0.4, -0.2) is 50.6 Å². The van der Waals surface area contributed by atoms with E-state index in [1.165, 1.54) is 17.5 Å². The van der Waals surface area contributed by atoms with Crippen molar-refractivity contribution in [2.24, 2.45) is 0 Å². The lowest BCUT2D eigenvalue weighted by Crippen LogP contribution is -2.52. The topological polar surface area (TPSA) is 98.3 Å². The standard InChI is InChI=1S/C19H24N4O3/c1-2-7-23(16-8-13-5-3-4-6-14(13)9-16)19(26)22-17(18(24)25)10-15-11-20-12-21-15/h3-6,11-12,16-17H,2,7-10H2,1H3,(H,20,21)(H,22,26)(H,24,25)/t17-/m0/s1. The van der Waals surface area contributed by atoms with E-state index in [0.29, 0.717) is 12.2 Å². The Labute approximate surface area is 152 Å². The minimum atomic E-state index is -1.06. The second kappa shape index (κ2) is 8.03. The van der Waals surface area contributed by atoms with E-state index in [1.807, 2.05) is 19.1 Å². The summed E-state index contributed by atoms with van der Waals surface area (Å²) in [6.45, 7) is 2.61. The summed E-state index contributed by atoms with van der Waals surface area (Å²) < 4.78 is 0. The number of nitrogens with one attached hydrogen (secondary N) is 2. The number of aliphatic carboxylic acids is 1. The lowest BCUT2D eigenvalue weighted by Gasteiger charge is -2.30. The van der Waals surface area contributed by atoms with Crippen molar-refractivity contribution in [3.05, 3.63) is 53.6 Å². The van der Waals surface area contributed by atoms with Gasteiger partial charge < -0.3 is 20.3 Å². The maximum atomic E-state index is 12.8. The smallest absolute Gasteiger partial charge is 0.326 e. The van der Waals surface area contributed by atoms with E-state index in [2.05, 4.69) is 27.4 Å². The van der Waals surface area contributed by atoms with Crippen molar-refractivity contribution in [3.63, 3.8) is 0 Å². The van der Waals surface area contributed by atoms with Gasteiger partial charge in [-0.15, -0.1) is 0 Å². The maximum Gasteiger partial charge on any atom is 0.326 e. The number of urea groups is 1. The van der Waals surface area contributed by atoms with Gasteiger partial charge in [-0.25, -0.2) is 14.6 Å². The Morgan fingerprint density at radius 1 is 1.35 bits per heavy atom. The quantitative estimate of drug-likeness (QED) is 0.707. The Morgan fingerprint density at radius 2 is 2.04 bits per heavy atom. The van der Waals surface area contributed by atoms with Crippen LogP contribution < -0.4 is 5.32 Å². The maximum absolute atomic E-state index is 12.8. The van der Waals surface area contributed by atoms with Crippen LogP contribution in [0.4, 0.5) is 4.79 Å². The highest BCUT2D eigenvalue weighted by atomic mass is 16.4. The van der Waals surface area contributed by atoms with Gasteiger partial charge in [0.05, 0.1) is 6.33 Å². The Kier molecular flexibility index (Phi) is 5.55. The molecule has 0 radical (unpaired) electrons. The number of hydrogen-bond acceptors (Lipinski definition) is 3. The summed E-state index contributed by atoms with van der Waals surface area (Å²) in [5.41, 5.74) is 3.20. The van der Waals surface area contributed by atoms with Crippen LogP contribution in [0.3, 0.4) is 0 Å². The number of aromatic nitrogens is 2. The molecule has 26 heavy (non-hydrogen) atoms. The van der Waals surface area contributed by atoms with E-state index in [9.17, 15) is 14.7 Å². The van der Waals surface area contributed by atoms with Gasteiger partial charge in [0.15, 0.2) is 0 Å². The molecule has 7 nitrogen and oxygen atoms in total. The number of benzene rings is 1. The zero-order valence-electron chi connectivity index (χ0n) is 14.8. The number of carboxylic acids is 1. The second-order valence-corrected chi connectivity index (χ2v) is 6.65. The van der Waals surface area contributed by atoms with Crippen LogP contribution in [-0.2, 0) is 24.1 Å². The van der Waals surface area contributed by atoms with Gasteiger partial charge in [0, 0.05) is 30.9 Å². The summed E-state index contributed by atoms with van der Waals surface area (Å²) in [5.74, 6) is -1.06. The van der Waals surface area contributed by atoms with Crippen molar-refractivity contribution in [1.82, 2.24) is 20.2 Å². The van der Waals surface area contributed by atoms with Crippen LogP contribution in [0, 0.1) is 0 Å². The first-order valence-electron chi connectivity index (χ1n) is 8.92. The molecular weight excluding hydrogens is 332 g/mol. The predicted molar refractivity (Wildman–Crippen MR) is 96.9 cm³/mol. The van der Waals surface area contributed by atoms with Crippen LogP contribution in [0.25, 0.3) is 0 Å². The molecule has 1 aliphatic carbocycles. The minimum absolute atomic E-state index is 0.0638. The van der Waals surface area contributed by atoms with Crippen molar-refractivity contribution in [3.8, 4) is 0 Å². The SMILES string of the molecule is CCCN(C(=O)N[C@@H](Cc1cnc[nH]1)C(=O)O)C1Cc2ccccc2C1. The summed E-state index contributed by atoms with van der Waals surface area (Å²) in [7, 11) is 0. The van der Waals surface area contributed by atoms with Crippen LogP contribution >= 0.6 is 0 Å². The average molecular weight is 356 g/mol. The molecule has 0 saturated carbocycles. The van der Waals surface area contributed by atoms with Gasteiger partial charge in [0.25, 0.3) is 0 Å². The number of carbonyl (C=O) groups excluding carboxylic acids is 1. The summed E-state index contributed by atoms with van der Waals surface area (Å²) >= 11 is 0. The molecule has 2 amide bonds. The second-order valence-electron chi connectivity index (χ2n) is 6.65. The molecule has 1 aromatic heterocycles. The molecule has 1 heterocycles. The number of imidazole rings is 1. The third-order valence-corrected chi connectivity index (χ3v) is 4.77. The predicted octanol–water partition coefficient (Wildman–Crippen LogP) is 1.99. The Bertz CT molecular complexity index is 735. The van der Waals surface area contributed by atoms with Crippen molar-refractivity contribution >= 4 is 12.0 Å². The molecule has 3 N–H and O–H groups in total. The number of rotatable bonds is 7. The van der Waals surface area contributed by atoms with Gasteiger partial charge in [-0.3, -0.25) is 0 Å². The molecule has 0 unspecified atom stereocenters. The molecule has 1 aliphatic rings. The van der Waals surface area contributed by atoms with Crippen molar-refractivity contribution < 1.29 is 14.7 Å². The van der Waals surface area contributed by atoms with Crippen LogP contribution in [0.1, 0.15) is 30.2 Å². The summed E-state index contributed by atoms with van der Waals surface area (Å²) in [6, 6.07) is 6.95. The molecule has 1 atom stereocenters. The fraction of sp³-hybridized carbons (Fsp3) is 0.421. The van der Waals surface area contributed by atoms with Gasteiger partial charge in [-0.05, 0) is 30.4 Å². The number of H-pyrrole nitrogens is 1. The lowest BCUT2D eigenvalue weighted by molar-refractivity contribution is -0.139. The Balaban J connectivity index is 1.69. The van der Waals surface area contributed by atoms with E-state index in [-0.39, 0.29) is 18.5 Å². The monoisotopic (exact) mass is 356 g/mol. The third kappa shape index (κ3) is 4.04. The molecule has 0 aliphatic heterocycles. The summed E-state index contributed by atoms with van der Waals surface area (Å²) in [4.78, 5) is 33.0. The molecule has 0 spiro atoms. The molecule has 0 fully saturated rings. The first-order chi connectivity index (χ1) is 12.6. The fourth-order valence-corrected chi connectivity index (χ4v) is 3.50. The number of aromatic amines is 1. The number of nitrogens with zero attached hydrogens (tertiary/aromatic N) is 2. The molecule has 2 aromatic rings. The zero-order valence-corrected chi connectivity index (χ0v) is 14.8. The van der Waals surface area contributed by atoms with Crippen LogP contribution in [0.15, 0.2) is 36.8 Å². The lowest BCUT2D eigenvalue weighted by atomic mass is 10.1. The molecule has 3 rings (SSSR count). The summed E-state index contributed by atoms with van der Waals surface area (Å²) in [5, 5.41) is 12.2. The van der Waals surface area contributed by atoms with Crippen LogP contribution in [0.5, 0.6) is 0 Å². The molecule has 0 bridgehead atoms. The van der Waals surface area contributed by atoms with Crippen molar-refractivity contribution in [2.75, 3.05) is 6.54 Å². The highest BCUT2D eigenvalue weighted by Crippen LogP contribution is 2.25. The highest BCUT2D eigenvalue weighted by Gasteiger charge is 2.31. The van der Waals surface area contributed by atoms with E-state index >= 15 is 0 Å². The van der Waals surface area contributed by atoms with Gasteiger partial charge in [-0.2, -0.15) is 0 Å². The Morgan fingerprint density at radius 3 is 2.58 bits per heavy atom. The van der Waals surface area contributed by atoms with Gasteiger partial charge in [-0.1, -0.05) is 31.2 Å². The third-order valence-electron chi connectivity index (χ3n) is 4.77. The zero-order chi connectivity index (χ0) is 18.5. The molecule has 1 aromatic carbocycles. The Hall–Kier alpha value is -2.83. The average Bonchev–Trinajstić information content (AvgIpc) is 3.27. The van der Waals surface area contributed by atoms with Gasteiger partial charge in [0.2, 0.25) is 0 Å². The highest BCUT2D eigenvalue weighted by molar-refractivity contribution is 5.83. The fourth-order valence-electron chi connectivity index (χ4n) is 3.50. The van der Waals surface area contributed by atoms with Gasteiger partial charge >= 0.3 is 12.0 Å². The van der Waals surface area contributed by atoms with Crippen LogP contribution in [0.2, 0.25) is 0 Å². The van der Waals surface area contributed by atoms with Crippen molar-refractivity contribution in [2.45, 2.75) is 44.7 Å². The number of carbonyl (C=O) groups is 2. The summed E-state index contributed by atoms with van der Waals surface area (Å²) in [6.07, 6.45) is 5.67. The molecule has 138 valence electrons. The van der Waals surface area contributed by atoms with E-state index < -0.39 is 12.0 Å². The number of carboxylic acid groups (broad SMARTS) is 1.